The minimum Gasteiger partial charge on any atom is -0.304 e. The van der Waals surface area contributed by atoms with Crippen molar-refractivity contribution in [2.24, 2.45) is 0 Å². The molecule has 1 atom stereocenters. The summed E-state index contributed by atoms with van der Waals surface area (Å²) in [7, 11) is 0. The molecule has 3 nitrogen and oxygen atoms in total. The van der Waals surface area contributed by atoms with Crippen molar-refractivity contribution in [1.82, 2.24) is 15.3 Å². The molecular weight excluding hydrogens is 278 g/mol. The second kappa shape index (κ2) is 6.67. The van der Waals surface area contributed by atoms with E-state index in [1.54, 1.807) is 11.3 Å². The lowest BCUT2D eigenvalue weighted by Crippen LogP contribution is -2.23. The third kappa shape index (κ3) is 4.11. The fraction of sp³-hybridized carbons (Fsp3) is 0.529. The number of pyridine rings is 1. The van der Waals surface area contributed by atoms with Crippen molar-refractivity contribution in [3.63, 3.8) is 0 Å². The van der Waals surface area contributed by atoms with Gasteiger partial charge in [0.25, 0.3) is 0 Å². The molecule has 114 valence electrons. The lowest BCUT2D eigenvalue weighted by Gasteiger charge is -2.18. The molecule has 0 amide bonds. The zero-order valence-electron chi connectivity index (χ0n) is 13.6. The van der Waals surface area contributed by atoms with Gasteiger partial charge in [0, 0.05) is 22.7 Å². The SMILES string of the molecule is CCCNC(c1ccc(C)nc1)c1nc(C(C)(C)C)cs1. The molecule has 1 unspecified atom stereocenters. The molecule has 0 radical (unpaired) electrons. The highest BCUT2D eigenvalue weighted by molar-refractivity contribution is 7.09. The van der Waals surface area contributed by atoms with E-state index in [0.29, 0.717) is 0 Å². The summed E-state index contributed by atoms with van der Waals surface area (Å²) in [5.74, 6) is 0. The molecule has 0 bridgehead atoms. The molecule has 2 aromatic heterocycles. The number of hydrogen-bond donors (Lipinski definition) is 1. The van der Waals surface area contributed by atoms with Crippen molar-refractivity contribution in [3.8, 4) is 0 Å². The normalized spacial score (nSPS) is 13.4. The number of aryl methyl sites for hydroxylation is 1. The van der Waals surface area contributed by atoms with Gasteiger partial charge in [0.2, 0.25) is 0 Å². The van der Waals surface area contributed by atoms with Crippen LogP contribution in [0.1, 0.15) is 62.1 Å². The Balaban J connectivity index is 2.31. The van der Waals surface area contributed by atoms with Gasteiger partial charge in [0.1, 0.15) is 5.01 Å². The van der Waals surface area contributed by atoms with E-state index < -0.39 is 0 Å². The highest BCUT2D eigenvalue weighted by Crippen LogP contribution is 2.29. The molecule has 1 N–H and O–H groups in total. The van der Waals surface area contributed by atoms with Crippen LogP contribution in [0, 0.1) is 6.92 Å². The summed E-state index contributed by atoms with van der Waals surface area (Å²) in [6, 6.07) is 4.35. The van der Waals surface area contributed by atoms with Gasteiger partial charge in [-0.05, 0) is 31.5 Å². The molecule has 4 heteroatoms. The minimum atomic E-state index is 0.0928. The van der Waals surface area contributed by atoms with E-state index in [1.165, 1.54) is 5.56 Å². The van der Waals surface area contributed by atoms with Gasteiger partial charge in [-0.2, -0.15) is 0 Å². The summed E-state index contributed by atoms with van der Waals surface area (Å²) >= 11 is 1.73. The lowest BCUT2D eigenvalue weighted by atomic mass is 9.93. The number of rotatable bonds is 5. The Morgan fingerprint density at radius 1 is 1.29 bits per heavy atom. The number of thiazole rings is 1. The van der Waals surface area contributed by atoms with E-state index in [1.807, 2.05) is 13.1 Å². The van der Waals surface area contributed by atoms with Crippen LogP contribution in [-0.4, -0.2) is 16.5 Å². The van der Waals surface area contributed by atoms with Crippen LogP contribution in [0.4, 0.5) is 0 Å². The van der Waals surface area contributed by atoms with Gasteiger partial charge >= 0.3 is 0 Å². The molecule has 21 heavy (non-hydrogen) atoms. The van der Waals surface area contributed by atoms with E-state index in [0.717, 1.165) is 29.4 Å². The van der Waals surface area contributed by atoms with Crippen molar-refractivity contribution in [2.45, 2.75) is 52.5 Å². The predicted molar refractivity (Wildman–Crippen MR) is 89.9 cm³/mol. The van der Waals surface area contributed by atoms with Crippen LogP contribution in [0.5, 0.6) is 0 Å². The quantitative estimate of drug-likeness (QED) is 0.898. The van der Waals surface area contributed by atoms with E-state index in [2.05, 4.69) is 55.5 Å². The summed E-state index contributed by atoms with van der Waals surface area (Å²) in [5.41, 5.74) is 3.48. The summed E-state index contributed by atoms with van der Waals surface area (Å²) in [4.78, 5) is 9.29. The van der Waals surface area contributed by atoms with E-state index in [4.69, 9.17) is 4.98 Å². The maximum Gasteiger partial charge on any atom is 0.114 e. The van der Waals surface area contributed by atoms with Crippen LogP contribution in [0.25, 0.3) is 0 Å². The molecule has 0 aliphatic carbocycles. The highest BCUT2D eigenvalue weighted by Gasteiger charge is 2.22. The largest absolute Gasteiger partial charge is 0.304 e. The Labute approximate surface area is 131 Å². The van der Waals surface area contributed by atoms with Crippen molar-refractivity contribution < 1.29 is 0 Å². The second-order valence-electron chi connectivity index (χ2n) is 6.44. The van der Waals surface area contributed by atoms with Crippen LogP contribution in [0.2, 0.25) is 0 Å². The Hall–Kier alpha value is -1.26. The molecule has 0 spiro atoms. The van der Waals surface area contributed by atoms with Gasteiger partial charge in [-0.3, -0.25) is 4.98 Å². The topological polar surface area (TPSA) is 37.8 Å². The van der Waals surface area contributed by atoms with Gasteiger partial charge in [-0.15, -0.1) is 11.3 Å². The first-order chi connectivity index (χ1) is 9.91. The Morgan fingerprint density at radius 2 is 2.05 bits per heavy atom. The van der Waals surface area contributed by atoms with Crippen LogP contribution in [0.15, 0.2) is 23.7 Å². The molecular formula is C17H25N3S. The lowest BCUT2D eigenvalue weighted by molar-refractivity contribution is 0.557. The third-order valence-electron chi connectivity index (χ3n) is 3.40. The molecule has 2 rings (SSSR count). The first kappa shape index (κ1) is 16.1. The standard InChI is InChI=1S/C17H25N3S/c1-6-9-18-15(13-8-7-12(2)19-10-13)16-20-14(11-21-16)17(3,4)5/h7-8,10-11,15,18H,6,9H2,1-5H3. The fourth-order valence-corrected chi connectivity index (χ4v) is 3.20. The molecule has 0 aliphatic rings. The van der Waals surface area contributed by atoms with E-state index in [-0.39, 0.29) is 11.5 Å². The van der Waals surface area contributed by atoms with Gasteiger partial charge < -0.3 is 5.32 Å². The first-order valence-corrected chi connectivity index (χ1v) is 8.41. The third-order valence-corrected chi connectivity index (χ3v) is 4.31. The Morgan fingerprint density at radius 3 is 2.57 bits per heavy atom. The van der Waals surface area contributed by atoms with Crippen molar-refractivity contribution >= 4 is 11.3 Å². The summed E-state index contributed by atoms with van der Waals surface area (Å²) in [5, 5.41) is 6.90. The molecule has 0 saturated carbocycles. The molecule has 0 aliphatic heterocycles. The Bertz CT molecular complexity index is 566. The second-order valence-corrected chi connectivity index (χ2v) is 7.33. The van der Waals surface area contributed by atoms with Crippen LogP contribution in [-0.2, 0) is 5.41 Å². The van der Waals surface area contributed by atoms with E-state index in [9.17, 15) is 0 Å². The van der Waals surface area contributed by atoms with Crippen molar-refractivity contribution in [1.29, 1.82) is 0 Å². The van der Waals surface area contributed by atoms with Crippen molar-refractivity contribution in [3.05, 3.63) is 45.7 Å². The van der Waals surface area contributed by atoms with Crippen LogP contribution < -0.4 is 5.32 Å². The maximum absolute atomic E-state index is 4.86. The van der Waals surface area contributed by atoms with Crippen LogP contribution >= 0.6 is 11.3 Å². The number of hydrogen-bond acceptors (Lipinski definition) is 4. The smallest absolute Gasteiger partial charge is 0.114 e. The predicted octanol–water partition coefficient (Wildman–Crippen LogP) is 4.23. The summed E-state index contributed by atoms with van der Waals surface area (Å²) in [6.45, 7) is 11.8. The van der Waals surface area contributed by atoms with Crippen molar-refractivity contribution in [2.75, 3.05) is 6.54 Å². The molecule has 2 aromatic rings. The summed E-state index contributed by atoms with van der Waals surface area (Å²) < 4.78 is 0. The monoisotopic (exact) mass is 303 g/mol. The fourth-order valence-electron chi connectivity index (χ4n) is 2.05. The highest BCUT2D eigenvalue weighted by atomic mass is 32.1. The zero-order chi connectivity index (χ0) is 15.5. The molecule has 2 heterocycles. The van der Waals surface area contributed by atoms with Gasteiger partial charge in [0.05, 0.1) is 11.7 Å². The van der Waals surface area contributed by atoms with Gasteiger partial charge in [-0.1, -0.05) is 33.8 Å². The average Bonchev–Trinajstić information content (AvgIpc) is 2.91. The minimum absolute atomic E-state index is 0.0928. The van der Waals surface area contributed by atoms with E-state index >= 15 is 0 Å². The zero-order valence-corrected chi connectivity index (χ0v) is 14.4. The van der Waals surface area contributed by atoms with Gasteiger partial charge in [-0.25, -0.2) is 4.98 Å². The number of nitrogens with one attached hydrogen (secondary N) is 1. The van der Waals surface area contributed by atoms with Crippen LogP contribution in [0.3, 0.4) is 0 Å². The number of nitrogens with zero attached hydrogens (tertiary/aromatic N) is 2. The average molecular weight is 303 g/mol. The molecule has 0 aromatic carbocycles. The summed E-state index contributed by atoms with van der Waals surface area (Å²) in [6.07, 6.45) is 3.06. The first-order valence-electron chi connectivity index (χ1n) is 7.53. The number of aromatic nitrogens is 2. The maximum atomic E-state index is 4.86. The van der Waals surface area contributed by atoms with Gasteiger partial charge in [0.15, 0.2) is 0 Å². The molecule has 0 fully saturated rings. The molecule has 0 saturated heterocycles. The Kier molecular flexibility index (Phi) is 5.12.